The van der Waals surface area contributed by atoms with Crippen molar-refractivity contribution in [2.45, 2.75) is 34.2 Å². The molecule has 0 aliphatic heterocycles. The van der Waals surface area contributed by atoms with E-state index in [2.05, 4.69) is 5.16 Å². The number of hydrogen-bond donors (Lipinski definition) is 1. The van der Waals surface area contributed by atoms with E-state index >= 15 is 0 Å². The molecular formula is C18H23N3O3+2. The molecular weight excluding hydrogens is 306 g/mol. The second-order valence-electron chi connectivity index (χ2n) is 6.49. The summed E-state index contributed by atoms with van der Waals surface area (Å²) >= 11 is 0. The normalized spacial score (nSPS) is 11.8. The molecule has 6 heteroatoms. The molecule has 0 atom stereocenters. The van der Waals surface area contributed by atoms with Gasteiger partial charge in [-0.05, 0) is 12.1 Å². The standard InChI is InChI=1S/C18H22N3O3/c1-18(2,3)17(22)15-7-6-9-20(12-15)13-24-14-21-10-5-4-8-16(21)11-19-23/h4-12H,13-14H2,1-3H3/q+1/p+1. The number of carbonyl (C=O) groups is 1. The molecule has 0 aliphatic rings. The first-order chi connectivity index (χ1) is 11.4. The molecule has 0 saturated carbocycles. The topological polar surface area (TPSA) is 66.7 Å². The highest BCUT2D eigenvalue weighted by atomic mass is 16.5. The van der Waals surface area contributed by atoms with E-state index in [4.69, 9.17) is 9.94 Å². The number of aromatic nitrogens is 2. The fourth-order valence-electron chi connectivity index (χ4n) is 2.20. The number of nitrogens with zero attached hydrogens (tertiary/aromatic N) is 3. The molecule has 2 heterocycles. The molecule has 1 N–H and O–H groups in total. The van der Waals surface area contributed by atoms with Crippen LogP contribution in [-0.2, 0) is 18.2 Å². The van der Waals surface area contributed by atoms with Crippen LogP contribution in [0.2, 0.25) is 0 Å². The lowest BCUT2D eigenvalue weighted by atomic mass is 9.87. The van der Waals surface area contributed by atoms with E-state index in [1.807, 2.05) is 72.6 Å². The van der Waals surface area contributed by atoms with E-state index in [-0.39, 0.29) is 5.78 Å². The number of ketones is 1. The number of pyridine rings is 2. The molecule has 126 valence electrons. The lowest BCUT2D eigenvalue weighted by Gasteiger charge is -2.15. The summed E-state index contributed by atoms with van der Waals surface area (Å²) in [6.07, 6.45) is 6.82. The smallest absolute Gasteiger partial charge is 0.258 e. The van der Waals surface area contributed by atoms with E-state index in [9.17, 15) is 4.79 Å². The molecule has 0 bridgehead atoms. The zero-order valence-corrected chi connectivity index (χ0v) is 14.2. The summed E-state index contributed by atoms with van der Waals surface area (Å²) in [4.78, 5) is 12.3. The Labute approximate surface area is 141 Å². The van der Waals surface area contributed by atoms with Gasteiger partial charge in [0, 0.05) is 23.6 Å². The van der Waals surface area contributed by atoms with Crippen molar-refractivity contribution in [3.63, 3.8) is 0 Å². The Kier molecular flexibility index (Phi) is 5.76. The molecule has 2 rings (SSSR count). The Bertz CT molecular complexity index is 736. The molecule has 0 saturated heterocycles. The largest absolute Gasteiger partial charge is 0.411 e. The van der Waals surface area contributed by atoms with Crippen LogP contribution in [0.1, 0.15) is 36.8 Å². The van der Waals surface area contributed by atoms with Crippen molar-refractivity contribution in [1.29, 1.82) is 0 Å². The van der Waals surface area contributed by atoms with Crippen molar-refractivity contribution in [2.24, 2.45) is 10.6 Å². The molecule has 0 fully saturated rings. The summed E-state index contributed by atoms with van der Waals surface area (Å²) in [6.45, 7) is 6.31. The molecule has 0 aliphatic carbocycles. The first-order valence-corrected chi connectivity index (χ1v) is 7.69. The van der Waals surface area contributed by atoms with Gasteiger partial charge in [0.1, 0.15) is 6.21 Å². The maximum atomic E-state index is 12.3. The van der Waals surface area contributed by atoms with Crippen molar-refractivity contribution < 1.29 is 23.9 Å². The minimum absolute atomic E-state index is 0.0933. The van der Waals surface area contributed by atoms with Crippen molar-refractivity contribution in [1.82, 2.24) is 0 Å². The molecule has 0 spiro atoms. The van der Waals surface area contributed by atoms with Crippen molar-refractivity contribution in [3.05, 3.63) is 60.2 Å². The Hall–Kier alpha value is -2.60. The van der Waals surface area contributed by atoms with Crippen molar-refractivity contribution >= 4 is 12.0 Å². The highest BCUT2D eigenvalue weighted by Crippen LogP contribution is 2.19. The minimum Gasteiger partial charge on any atom is -0.411 e. The SMILES string of the molecule is CC(C)(C)C(=O)c1ccc[n+](COC[n+]2ccccc2C=NO)c1. The van der Waals surface area contributed by atoms with Gasteiger partial charge in [-0.2, -0.15) is 9.13 Å². The molecule has 24 heavy (non-hydrogen) atoms. The van der Waals surface area contributed by atoms with Gasteiger partial charge in [-0.15, -0.1) is 0 Å². The predicted molar refractivity (Wildman–Crippen MR) is 87.5 cm³/mol. The Morgan fingerprint density at radius 3 is 2.71 bits per heavy atom. The second-order valence-corrected chi connectivity index (χ2v) is 6.49. The summed E-state index contributed by atoms with van der Waals surface area (Å²) in [5.41, 5.74) is 0.967. The highest BCUT2D eigenvalue weighted by molar-refractivity contribution is 5.99. The number of hydrogen-bond acceptors (Lipinski definition) is 4. The van der Waals surface area contributed by atoms with Gasteiger partial charge in [-0.3, -0.25) is 9.53 Å². The quantitative estimate of drug-likeness (QED) is 0.289. The van der Waals surface area contributed by atoms with Crippen LogP contribution in [0.5, 0.6) is 0 Å². The molecule has 2 aromatic rings. The average molecular weight is 329 g/mol. The van der Waals surface area contributed by atoms with Crippen LogP contribution < -0.4 is 9.13 Å². The van der Waals surface area contributed by atoms with Crippen LogP contribution in [0.3, 0.4) is 0 Å². The Morgan fingerprint density at radius 1 is 1.21 bits per heavy atom. The number of ether oxygens (including phenoxy) is 1. The molecule has 2 aromatic heterocycles. The van der Waals surface area contributed by atoms with Gasteiger partial charge < -0.3 is 5.21 Å². The third-order valence-corrected chi connectivity index (χ3v) is 3.44. The van der Waals surface area contributed by atoms with Crippen LogP contribution >= 0.6 is 0 Å². The second kappa shape index (κ2) is 7.79. The van der Waals surface area contributed by atoms with E-state index in [0.29, 0.717) is 19.0 Å². The lowest BCUT2D eigenvalue weighted by molar-refractivity contribution is -0.788. The first-order valence-electron chi connectivity index (χ1n) is 7.69. The zero-order valence-electron chi connectivity index (χ0n) is 14.2. The van der Waals surface area contributed by atoms with Crippen molar-refractivity contribution in [3.8, 4) is 0 Å². The van der Waals surface area contributed by atoms with Crippen LogP contribution in [-0.4, -0.2) is 17.2 Å². The molecule has 0 aromatic carbocycles. The van der Waals surface area contributed by atoms with E-state index in [1.165, 1.54) is 6.21 Å². The summed E-state index contributed by atoms with van der Waals surface area (Å²) in [7, 11) is 0. The van der Waals surface area contributed by atoms with Crippen LogP contribution in [0, 0.1) is 5.41 Å². The third-order valence-electron chi connectivity index (χ3n) is 3.44. The monoisotopic (exact) mass is 329 g/mol. The molecule has 0 amide bonds. The first kappa shape index (κ1) is 17.7. The Balaban J connectivity index is 2.02. The van der Waals surface area contributed by atoms with Gasteiger partial charge in [-0.1, -0.05) is 25.9 Å². The van der Waals surface area contributed by atoms with Crippen LogP contribution in [0.15, 0.2) is 54.1 Å². The fraction of sp³-hybridized carbons (Fsp3) is 0.333. The minimum atomic E-state index is -0.418. The lowest BCUT2D eigenvalue weighted by Crippen LogP contribution is -2.43. The van der Waals surface area contributed by atoms with Crippen molar-refractivity contribution in [2.75, 3.05) is 0 Å². The zero-order chi connectivity index (χ0) is 17.6. The Morgan fingerprint density at radius 2 is 2.00 bits per heavy atom. The van der Waals surface area contributed by atoms with Crippen LogP contribution in [0.4, 0.5) is 0 Å². The number of rotatable bonds is 6. The molecule has 0 radical (unpaired) electrons. The van der Waals surface area contributed by atoms with E-state index in [0.717, 1.165) is 5.69 Å². The highest BCUT2D eigenvalue weighted by Gasteiger charge is 2.24. The molecule has 0 unspecified atom stereocenters. The van der Waals surface area contributed by atoms with Gasteiger partial charge in [-0.25, -0.2) is 0 Å². The summed E-state index contributed by atoms with van der Waals surface area (Å²) < 4.78 is 9.32. The predicted octanol–water partition coefficient (Wildman–Crippen LogP) is 1.93. The van der Waals surface area contributed by atoms with E-state index < -0.39 is 5.41 Å². The summed E-state index contributed by atoms with van der Waals surface area (Å²) in [5, 5.41) is 11.7. The molecule has 6 nitrogen and oxygen atoms in total. The van der Waals surface area contributed by atoms with Gasteiger partial charge in [0.05, 0.1) is 5.56 Å². The maximum Gasteiger partial charge on any atom is 0.258 e. The van der Waals surface area contributed by atoms with Crippen LogP contribution in [0.25, 0.3) is 0 Å². The number of Topliss-reactive ketones (excluding diaryl/α,β-unsaturated/α-hetero) is 1. The summed E-state index contributed by atoms with van der Waals surface area (Å²) in [5.74, 6) is 0.0933. The number of carbonyl (C=O) groups excluding carboxylic acids is 1. The van der Waals surface area contributed by atoms with E-state index in [1.54, 1.807) is 6.20 Å². The van der Waals surface area contributed by atoms with Gasteiger partial charge in [0.25, 0.3) is 13.5 Å². The maximum absolute atomic E-state index is 12.3. The van der Waals surface area contributed by atoms with Gasteiger partial charge in [0.2, 0.25) is 5.69 Å². The third kappa shape index (κ3) is 4.70. The summed E-state index contributed by atoms with van der Waals surface area (Å²) in [6, 6.07) is 9.18. The van der Waals surface area contributed by atoms with Gasteiger partial charge >= 0.3 is 0 Å². The van der Waals surface area contributed by atoms with Gasteiger partial charge in [0.15, 0.2) is 24.4 Å². The average Bonchev–Trinajstić information content (AvgIpc) is 2.55. The number of oxime groups is 1. The fourth-order valence-corrected chi connectivity index (χ4v) is 2.20.